The number of hydrogen-bond donors (Lipinski definition) is 4. The third kappa shape index (κ3) is 2.80. The zero-order valence-corrected chi connectivity index (χ0v) is 14.4. The highest BCUT2D eigenvalue weighted by Gasteiger charge is 2.30. The van der Waals surface area contributed by atoms with E-state index in [4.69, 9.17) is 11.5 Å². The highest BCUT2D eigenvalue weighted by Crippen LogP contribution is 2.46. The number of carbonyl (C=O) groups is 1. The maximum atomic E-state index is 14.2. The monoisotopic (exact) mass is 373 g/mol. The van der Waals surface area contributed by atoms with Crippen molar-refractivity contribution in [3.63, 3.8) is 0 Å². The van der Waals surface area contributed by atoms with Crippen molar-refractivity contribution in [1.29, 1.82) is 0 Å². The fourth-order valence-corrected chi connectivity index (χ4v) is 3.08. The summed E-state index contributed by atoms with van der Waals surface area (Å²) in [5.74, 6) is -2.70. The number of carboxylic acids is 1. The lowest BCUT2D eigenvalue weighted by atomic mass is 9.90. The van der Waals surface area contributed by atoms with Crippen molar-refractivity contribution >= 4 is 34.3 Å². The van der Waals surface area contributed by atoms with E-state index in [9.17, 15) is 23.8 Å². The summed E-state index contributed by atoms with van der Waals surface area (Å²) < 4.78 is 28.0. The van der Waals surface area contributed by atoms with Crippen LogP contribution in [0.25, 0.3) is 5.57 Å². The molecule has 0 bridgehead atoms. The molecule has 0 radical (unpaired) electrons. The number of nitrogens with zero attached hydrogens (tertiary/aromatic N) is 1. The van der Waals surface area contributed by atoms with Crippen LogP contribution in [0.3, 0.4) is 0 Å². The molecule has 1 heterocycles. The molecule has 0 saturated heterocycles. The van der Waals surface area contributed by atoms with E-state index in [1.54, 1.807) is 6.92 Å². The molecule has 0 spiro atoms. The van der Waals surface area contributed by atoms with Crippen molar-refractivity contribution in [3.8, 4) is 0 Å². The molecule has 1 aliphatic rings. The van der Waals surface area contributed by atoms with Gasteiger partial charge >= 0.3 is 5.97 Å². The SMILES string of the molecule is C=C1C(C(=O)O)=CN(c2cc(N)c(F)cc2CO)c2c1cc(F)c(N)c2C. The first-order chi connectivity index (χ1) is 12.7. The van der Waals surface area contributed by atoms with Crippen molar-refractivity contribution in [2.24, 2.45) is 0 Å². The summed E-state index contributed by atoms with van der Waals surface area (Å²) >= 11 is 0. The van der Waals surface area contributed by atoms with Crippen LogP contribution in [0.2, 0.25) is 0 Å². The van der Waals surface area contributed by atoms with E-state index < -0.39 is 24.2 Å². The molecular formula is C19H17F2N3O3. The molecule has 0 saturated carbocycles. The fraction of sp³-hybridized carbons (Fsp3) is 0.105. The Morgan fingerprint density at radius 1 is 1.22 bits per heavy atom. The quantitative estimate of drug-likeness (QED) is 0.615. The molecule has 1 aliphatic heterocycles. The Bertz CT molecular complexity index is 1030. The van der Waals surface area contributed by atoms with E-state index >= 15 is 0 Å². The Morgan fingerprint density at radius 2 is 1.89 bits per heavy atom. The second-order valence-corrected chi connectivity index (χ2v) is 6.15. The Hall–Kier alpha value is -3.39. The Labute approximate surface area is 153 Å². The number of aliphatic hydroxyl groups excluding tert-OH is 1. The Kier molecular flexibility index (Phi) is 4.36. The molecule has 0 aromatic heterocycles. The van der Waals surface area contributed by atoms with Crippen LogP contribution < -0.4 is 16.4 Å². The van der Waals surface area contributed by atoms with Crippen molar-refractivity contribution in [3.05, 3.63) is 64.9 Å². The summed E-state index contributed by atoms with van der Waals surface area (Å²) in [6, 6.07) is 3.44. The molecule has 27 heavy (non-hydrogen) atoms. The smallest absolute Gasteiger partial charge is 0.337 e. The molecule has 2 aromatic rings. The molecule has 6 N–H and O–H groups in total. The largest absolute Gasteiger partial charge is 0.478 e. The number of aliphatic carboxylic acids is 1. The number of anilines is 4. The predicted octanol–water partition coefficient (Wildman–Crippen LogP) is 3.06. The standard InChI is InChI=1S/C19H17F2N3O3/c1-8-11-4-14(21)17(23)9(2)18(11)24(6-12(8)19(26)27)16-5-15(22)13(20)3-10(16)7-25/h3-6,25H,1,7,22-23H2,2H3,(H,26,27). The second-order valence-electron chi connectivity index (χ2n) is 6.15. The van der Waals surface area contributed by atoms with Gasteiger partial charge in [0.15, 0.2) is 0 Å². The molecule has 8 heteroatoms. The van der Waals surface area contributed by atoms with Gasteiger partial charge in [-0.1, -0.05) is 6.58 Å². The number of rotatable bonds is 3. The van der Waals surface area contributed by atoms with Crippen LogP contribution in [-0.2, 0) is 11.4 Å². The van der Waals surface area contributed by atoms with Gasteiger partial charge in [0.2, 0.25) is 0 Å². The van der Waals surface area contributed by atoms with E-state index in [1.165, 1.54) is 17.2 Å². The van der Waals surface area contributed by atoms with E-state index in [-0.39, 0.29) is 39.3 Å². The van der Waals surface area contributed by atoms with Crippen LogP contribution >= 0.6 is 0 Å². The number of nitrogens with two attached hydrogens (primary N) is 2. The van der Waals surface area contributed by atoms with Crippen LogP contribution in [-0.4, -0.2) is 16.2 Å². The van der Waals surface area contributed by atoms with E-state index in [0.717, 1.165) is 12.1 Å². The molecule has 0 amide bonds. The normalized spacial score (nSPS) is 13.4. The van der Waals surface area contributed by atoms with Crippen LogP contribution in [0.4, 0.5) is 31.5 Å². The zero-order chi connectivity index (χ0) is 20.0. The zero-order valence-electron chi connectivity index (χ0n) is 14.4. The van der Waals surface area contributed by atoms with E-state index in [2.05, 4.69) is 6.58 Å². The number of aliphatic hydroxyl groups is 1. The first-order valence-corrected chi connectivity index (χ1v) is 7.88. The maximum absolute atomic E-state index is 14.2. The van der Waals surface area contributed by atoms with Gasteiger partial charge in [0.25, 0.3) is 0 Å². The summed E-state index contributed by atoms with van der Waals surface area (Å²) in [7, 11) is 0. The Balaban J connectivity index is 2.39. The molecular weight excluding hydrogens is 356 g/mol. The Morgan fingerprint density at radius 3 is 2.48 bits per heavy atom. The van der Waals surface area contributed by atoms with Crippen LogP contribution in [0, 0.1) is 18.6 Å². The molecule has 3 rings (SSSR count). The average Bonchev–Trinajstić information content (AvgIpc) is 2.62. The summed E-state index contributed by atoms with van der Waals surface area (Å²) in [5, 5.41) is 19.1. The fourth-order valence-electron chi connectivity index (χ4n) is 3.08. The number of nitrogen functional groups attached to an aromatic ring is 2. The summed E-state index contributed by atoms with van der Waals surface area (Å²) in [4.78, 5) is 13.1. The lowest BCUT2D eigenvalue weighted by Gasteiger charge is -2.33. The first kappa shape index (κ1) is 18.4. The van der Waals surface area contributed by atoms with Gasteiger partial charge in [-0.25, -0.2) is 13.6 Å². The molecule has 140 valence electrons. The van der Waals surface area contributed by atoms with Crippen molar-refractivity contribution in [2.75, 3.05) is 16.4 Å². The molecule has 0 unspecified atom stereocenters. The summed E-state index contributed by atoms with van der Waals surface area (Å²) in [6.07, 6.45) is 1.27. The number of fused-ring (bicyclic) bond motifs is 1. The molecule has 6 nitrogen and oxygen atoms in total. The van der Waals surface area contributed by atoms with Gasteiger partial charge in [-0.3, -0.25) is 0 Å². The van der Waals surface area contributed by atoms with Gasteiger partial charge in [0, 0.05) is 17.3 Å². The number of hydrogen-bond acceptors (Lipinski definition) is 5. The molecule has 0 fully saturated rings. The lowest BCUT2D eigenvalue weighted by Crippen LogP contribution is -2.23. The second kappa shape index (κ2) is 6.40. The number of halogens is 2. The third-order valence-electron chi connectivity index (χ3n) is 4.55. The van der Waals surface area contributed by atoms with Gasteiger partial charge in [0.05, 0.1) is 34.9 Å². The van der Waals surface area contributed by atoms with Crippen LogP contribution in [0.15, 0.2) is 36.6 Å². The summed E-state index contributed by atoms with van der Waals surface area (Å²) in [6.45, 7) is 4.80. The van der Waals surface area contributed by atoms with Crippen LogP contribution in [0.5, 0.6) is 0 Å². The first-order valence-electron chi connectivity index (χ1n) is 7.88. The molecule has 2 aromatic carbocycles. The lowest BCUT2D eigenvalue weighted by molar-refractivity contribution is -0.132. The van der Waals surface area contributed by atoms with Gasteiger partial charge in [0.1, 0.15) is 11.6 Å². The van der Waals surface area contributed by atoms with Crippen molar-refractivity contribution < 1.29 is 23.8 Å². The van der Waals surface area contributed by atoms with Crippen molar-refractivity contribution in [2.45, 2.75) is 13.5 Å². The van der Waals surface area contributed by atoms with Gasteiger partial charge < -0.3 is 26.6 Å². The molecule has 0 aliphatic carbocycles. The minimum atomic E-state index is -1.27. The van der Waals surface area contributed by atoms with Gasteiger partial charge in [-0.2, -0.15) is 0 Å². The number of benzene rings is 2. The third-order valence-corrected chi connectivity index (χ3v) is 4.55. The highest BCUT2D eigenvalue weighted by molar-refractivity contribution is 6.10. The van der Waals surface area contributed by atoms with E-state index in [0.29, 0.717) is 11.3 Å². The highest BCUT2D eigenvalue weighted by atomic mass is 19.1. The van der Waals surface area contributed by atoms with E-state index in [1.807, 2.05) is 0 Å². The minimum absolute atomic E-state index is 0.108. The predicted molar refractivity (Wildman–Crippen MR) is 99.2 cm³/mol. The number of carboxylic acid groups (broad SMARTS) is 1. The van der Waals surface area contributed by atoms with Crippen LogP contribution in [0.1, 0.15) is 16.7 Å². The maximum Gasteiger partial charge on any atom is 0.337 e. The topological polar surface area (TPSA) is 113 Å². The molecule has 0 atom stereocenters. The summed E-state index contributed by atoms with van der Waals surface area (Å²) in [5.41, 5.74) is 12.5. The minimum Gasteiger partial charge on any atom is -0.478 e. The average molecular weight is 373 g/mol. The van der Waals surface area contributed by atoms with Crippen molar-refractivity contribution in [1.82, 2.24) is 0 Å². The van der Waals surface area contributed by atoms with Gasteiger partial charge in [-0.15, -0.1) is 0 Å². The van der Waals surface area contributed by atoms with Gasteiger partial charge in [-0.05, 0) is 36.3 Å².